The predicted octanol–water partition coefficient (Wildman–Crippen LogP) is 5.29. The lowest BCUT2D eigenvalue weighted by molar-refractivity contribution is 0.242. The van der Waals surface area contributed by atoms with E-state index in [1.165, 1.54) is 37.0 Å². The van der Waals surface area contributed by atoms with E-state index in [0.29, 0.717) is 6.04 Å². The zero-order chi connectivity index (χ0) is 16.8. The minimum atomic E-state index is 0.541. The summed E-state index contributed by atoms with van der Waals surface area (Å²) in [5.74, 6) is 0.856. The Labute approximate surface area is 153 Å². The van der Waals surface area contributed by atoms with Gasteiger partial charge in [-0.05, 0) is 60.8 Å². The molecule has 1 aromatic carbocycles. The molecule has 5 heteroatoms. The molecule has 1 fully saturated rings. The molecule has 0 unspecified atom stereocenters. The highest BCUT2D eigenvalue weighted by Gasteiger charge is 2.23. The van der Waals surface area contributed by atoms with Crippen LogP contribution in [0.3, 0.4) is 0 Å². The molecule has 0 bridgehead atoms. The Hall–Kier alpha value is -1.59. The normalized spacial score (nSPS) is 15.0. The second-order valence-corrected chi connectivity index (χ2v) is 7.58. The lowest BCUT2D eigenvalue weighted by atomic mass is 9.94. The number of anilines is 1. The Morgan fingerprint density at radius 3 is 2.58 bits per heavy atom. The van der Waals surface area contributed by atoms with Crippen LogP contribution in [0.2, 0.25) is 0 Å². The maximum Gasteiger partial charge on any atom is 0.174 e. The van der Waals surface area contributed by atoms with Crippen molar-refractivity contribution in [2.24, 2.45) is 0 Å². The Morgan fingerprint density at radius 1 is 1.21 bits per heavy atom. The summed E-state index contributed by atoms with van der Waals surface area (Å²) in [5, 5.41) is 6.36. The van der Waals surface area contributed by atoms with Gasteiger partial charge < -0.3 is 15.0 Å². The second kappa shape index (κ2) is 8.49. The topological polar surface area (TPSA) is 24.5 Å². The first kappa shape index (κ1) is 17.2. The first-order valence-electron chi connectivity index (χ1n) is 8.50. The van der Waals surface area contributed by atoms with Gasteiger partial charge in [-0.25, -0.2) is 0 Å². The molecular formula is C19H24N2OS2. The average molecular weight is 361 g/mol. The van der Waals surface area contributed by atoms with Gasteiger partial charge in [0.2, 0.25) is 0 Å². The summed E-state index contributed by atoms with van der Waals surface area (Å²) in [5.41, 5.74) is 1.01. The molecule has 1 aromatic heterocycles. The lowest BCUT2D eigenvalue weighted by Crippen LogP contribution is -2.43. The van der Waals surface area contributed by atoms with Gasteiger partial charge in [-0.15, -0.1) is 11.3 Å². The molecule has 1 heterocycles. The summed E-state index contributed by atoms with van der Waals surface area (Å²) >= 11 is 7.56. The van der Waals surface area contributed by atoms with Gasteiger partial charge in [-0.2, -0.15) is 0 Å². The van der Waals surface area contributed by atoms with Crippen LogP contribution in [0.5, 0.6) is 5.75 Å². The van der Waals surface area contributed by atoms with Crippen molar-refractivity contribution in [1.29, 1.82) is 0 Å². The van der Waals surface area contributed by atoms with Crippen molar-refractivity contribution in [1.82, 2.24) is 4.90 Å². The van der Waals surface area contributed by atoms with E-state index in [1.807, 2.05) is 24.3 Å². The number of rotatable bonds is 5. The van der Waals surface area contributed by atoms with Crippen molar-refractivity contribution < 1.29 is 4.74 Å². The summed E-state index contributed by atoms with van der Waals surface area (Å²) in [7, 11) is 1.68. The molecule has 0 amide bonds. The van der Waals surface area contributed by atoms with Crippen LogP contribution < -0.4 is 10.1 Å². The third-order valence-electron chi connectivity index (χ3n) is 4.52. The van der Waals surface area contributed by atoms with E-state index in [-0.39, 0.29) is 0 Å². The number of hydrogen-bond donors (Lipinski definition) is 1. The van der Waals surface area contributed by atoms with Gasteiger partial charge in [0.15, 0.2) is 5.11 Å². The predicted molar refractivity (Wildman–Crippen MR) is 106 cm³/mol. The summed E-state index contributed by atoms with van der Waals surface area (Å²) < 4.78 is 5.22. The van der Waals surface area contributed by atoms with Crippen molar-refractivity contribution in [3.05, 3.63) is 46.7 Å². The van der Waals surface area contributed by atoms with Gasteiger partial charge in [-0.3, -0.25) is 0 Å². The molecule has 3 rings (SSSR count). The standard InChI is InChI=1S/C19H24N2OS2/c1-22-17-11-9-15(10-12-17)20-19(23)21(14-18-8-5-13-24-18)16-6-3-2-4-7-16/h5,8-13,16H,2-4,6-7,14H2,1H3,(H,20,23). The fraction of sp³-hybridized carbons (Fsp3) is 0.421. The smallest absolute Gasteiger partial charge is 0.174 e. The highest BCUT2D eigenvalue weighted by atomic mass is 32.1. The monoisotopic (exact) mass is 360 g/mol. The number of thiophene rings is 1. The van der Waals surface area contributed by atoms with Gasteiger partial charge in [-0.1, -0.05) is 25.3 Å². The van der Waals surface area contributed by atoms with Gasteiger partial charge in [0.1, 0.15) is 5.75 Å². The van der Waals surface area contributed by atoms with E-state index in [1.54, 1.807) is 18.4 Å². The van der Waals surface area contributed by atoms with Gasteiger partial charge in [0.25, 0.3) is 0 Å². The van der Waals surface area contributed by atoms with Crippen LogP contribution in [0, 0.1) is 0 Å². The molecule has 1 aliphatic carbocycles. The molecular weight excluding hydrogens is 336 g/mol. The molecule has 3 nitrogen and oxygen atoms in total. The van der Waals surface area contributed by atoms with Gasteiger partial charge >= 0.3 is 0 Å². The van der Waals surface area contributed by atoms with Crippen molar-refractivity contribution in [3.63, 3.8) is 0 Å². The number of hydrogen-bond acceptors (Lipinski definition) is 3. The molecule has 2 aromatic rings. The number of methoxy groups -OCH3 is 1. The summed E-state index contributed by atoms with van der Waals surface area (Å²) in [6.45, 7) is 0.893. The highest BCUT2D eigenvalue weighted by Crippen LogP contribution is 2.26. The maximum atomic E-state index is 5.76. The highest BCUT2D eigenvalue weighted by molar-refractivity contribution is 7.80. The largest absolute Gasteiger partial charge is 0.497 e. The van der Waals surface area contributed by atoms with E-state index in [2.05, 4.69) is 27.7 Å². The minimum Gasteiger partial charge on any atom is -0.497 e. The molecule has 0 radical (unpaired) electrons. The second-order valence-electron chi connectivity index (χ2n) is 6.16. The average Bonchev–Trinajstić information content (AvgIpc) is 3.14. The molecule has 0 aliphatic heterocycles. The molecule has 0 atom stereocenters. The third-order valence-corrected chi connectivity index (χ3v) is 5.72. The Balaban J connectivity index is 1.71. The fourth-order valence-electron chi connectivity index (χ4n) is 3.20. The van der Waals surface area contributed by atoms with Crippen LogP contribution in [-0.2, 0) is 6.54 Å². The van der Waals surface area contributed by atoms with Crippen LogP contribution in [0.15, 0.2) is 41.8 Å². The summed E-state index contributed by atoms with van der Waals surface area (Å²) in [6, 6.07) is 12.8. The van der Waals surface area contributed by atoms with Crippen molar-refractivity contribution in [3.8, 4) is 5.75 Å². The Morgan fingerprint density at radius 2 is 1.96 bits per heavy atom. The van der Waals surface area contributed by atoms with Crippen LogP contribution in [0.1, 0.15) is 37.0 Å². The van der Waals surface area contributed by atoms with Crippen LogP contribution in [0.25, 0.3) is 0 Å². The number of nitrogens with one attached hydrogen (secondary N) is 1. The molecule has 0 saturated heterocycles. The number of thiocarbonyl (C=S) groups is 1. The minimum absolute atomic E-state index is 0.541. The Bertz CT molecular complexity index is 634. The summed E-state index contributed by atoms with van der Waals surface area (Å²) in [4.78, 5) is 3.74. The molecule has 128 valence electrons. The van der Waals surface area contributed by atoms with Crippen LogP contribution in [-0.4, -0.2) is 23.2 Å². The molecule has 1 N–H and O–H groups in total. The van der Waals surface area contributed by atoms with E-state index in [9.17, 15) is 0 Å². The SMILES string of the molecule is COc1ccc(NC(=S)N(Cc2cccs2)C2CCCCC2)cc1. The van der Waals surface area contributed by atoms with Gasteiger partial charge in [0.05, 0.1) is 13.7 Å². The van der Waals surface area contributed by atoms with Gasteiger partial charge in [0, 0.05) is 16.6 Å². The van der Waals surface area contributed by atoms with Crippen molar-refractivity contribution in [2.45, 2.75) is 44.7 Å². The van der Waals surface area contributed by atoms with E-state index >= 15 is 0 Å². The first-order valence-corrected chi connectivity index (χ1v) is 9.79. The van der Waals surface area contributed by atoms with E-state index in [0.717, 1.165) is 23.1 Å². The third kappa shape index (κ3) is 4.48. The van der Waals surface area contributed by atoms with Crippen LogP contribution in [0.4, 0.5) is 5.69 Å². The quantitative estimate of drug-likeness (QED) is 0.732. The zero-order valence-corrected chi connectivity index (χ0v) is 15.7. The maximum absolute atomic E-state index is 5.76. The lowest BCUT2D eigenvalue weighted by Gasteiger charge is -2.36. The summed E-state index contributed by atoms with van der Waals surface area (Å²) in [6.07, 6.45) is 6.42. The number of nitrogens with zero attached hydrogens (tertiary/aromatic N) is 1. The molecule has 1 saturated carbocycles. The fourth-order valence-corrected chi connectivity index (χ4v) is 4.23. The van der Waals surface area contributed by atoms with Crippen LogP contribution >= 0.6 is 23.6 Å². The molecule has 0 spiro atoms. The zero-order valence-electron chi connectivity index (χ0n) is 14.0. The number of benzene rings is 1. The van der Waals surface area contributed by atoms with Crippen molar-refractivity contribution in [2.75, 3.05) is 12.4 Å². The van der Waals surface area contributed by atoms with E-state index in [4.69, 9.17) is 17.0 Å². The van der Waals surface area contributed by atoms with Crippen molar-refractivity contribution >= 4 is 34.4 Å². The van der Waals surface area contributed by atoms with E-state index < -0.39 is 0 Å². The number of ether oxygens (including phenoxy) is 1. The molecule has 24 heavy (non-hydrogen) atoms. The Kier molecular flexibility index (Phi) is 6.10. The molecule has 1 aliphatic rings. The first-order chi connectivity index (χ1) is 11.8.